The van der Waals surface area contributed by atoms with Crippen molar-refractivity contribution in [3.8, 4) is 0 Å². The molecule has 0 aliphatic heterocycles. The first-order chi connectivity index (χ1) is 5.74. The van der Waals surface area contributed by atoms with Crippen molar-refractivity contribution in [1.82, 2.24) is 5.32 Å². The van der Waals surface area contributed by atoms with E-state index in [2.05, 4.69) is 5.32 Å². The smallest absolute Gasteiger partial charge is 0.157 e. The molecule has 2 rings (SSSR count). The van der Waals surface area contributed by atoms with Gasteiger partial charge in [0.25, 0.3) is 0 Å². The van der Waals surface area contributed by atoms with E-state index in [9.17, 15) is 4.79 Å². The zero-order chi connectivity index (χ0) is 8.60. The molecule has 0 amide bonds. The fourth-order valence-corrected chi connectivity index (χ4v) is 1.51. The molecule has 2 N–H and O–H groups in total. The molecule has 1 fully saturated rings. The van der Waals surface area contributed by atoms with Crippen molar-refractivity contribution in [2.45, 2.75) is 31.2 Å². The minimum atomic E-state index is -0.0730. The van der Waals surface area contributed by atoms with Crippen LogP contribution in [0.4, 0.5) is 0 Å². The Balaban J connectivity index is 1.95. The molecule has 3 nitrogen and oxygen atoms in total. The van der Waals surface area contributed by atoms with E-state index in [-0.39, 0.29) is 17.9 Å². The number of aliphatic hydroxyl groups is 1. The van der Waals surface area contributed by atoms with Crippen LogP contribution in [0.25, 0.3) is 0 Å². The van der Waals surface area contributed by atoms with E-state index in [1.165, 1.54) is 0 Å². The van der Waals surface area contributed by atoms with Crippen LogP contribution in [0.3, 0.4) is 0 Å². The van der Waals surface area contributed by atoms with Gasteiger partial charge in [0.15, 0.2) is 5.78 Å². The van der Waals surface area contributed by atoms with Gasteiger partial charge in [-0.2, -0.15) is 0 Å². The number of aliphatic hydroxyl groups excluding tert-OH is 1. The van der Waals surface area contributed by atoms with Crippen LogP contribution >= 0.6 is 0 Å². The van der Waals surface area contributed by atoms with E-state index in [1.54, 1.807) is 6.08 Å². The van der Waals surface area contributed by atoms with E-state index >= 15 is 0 Å². The zero-order valence-electron chi connectivity index (χ0n) is 6.97. The summed E-state index contributed by atoms with van der Waals surface area (Å²) >= 11 is 0. The molecule has 66 valence electrons. The van der Waals surface area contributed by atoms with Gasteiger partial charge in [0.1, 0.15) is 0 Å². The van der Waals surface area contributed by atoms with Gasteiger partial charge in [0.2, 0.25) is 0 Å². The Morgan fingerprint density at radius 1 is 1.50 bits per heavy atom. The normalized spacial score (nSPS) is 25.4. The Morgan fingerprint density at radius 2 is 2.25 bits per heavy atom. The third-order valence-electron chi connectivity index (χ3n) is 2.56. The van der Waals surface area contributed by atoms with Gasteiger partial charge in [-0.25, -0.2) is 0 Å². The van der Waals surface area contributed by atoms with Crippen molar-refractivity contribution in [1.29, 1.82) is 0 Å². The van der Waals surface area contributed by atoms with Gasteiger partial charge >= 0.3 is 0 Å². The molecular formula is C9H13NO2. The van der Waals surface area contributed by atoms with Gasteiger partial charge in [0.05, 0.1) is 12.1 Å². The summed E-state index contributed by atoms with van der Waals surface area (Å²) in [6, 6.07) is 0. The molecule has 12 heavy (non-hydrogen) atoms. The quantitative estimate of drug-likeness (QED) is 0.637. The average Bonchev–Trinajstić information content (AvgIpc) is 2.71. The summed E-state index contributed by atoms with van der Waals surface area (Å²) in [5, 5.41) is 12.2. The lowest BCUT2D eigenvalue weighted by Crippen LogP contribution is -2.33. The topological polar surface area (TPSA) is 49.3 Å². The fourth-order valence-electron chi connectivity index (χ4n) is 1.51. The predicted octanol–water partition coefficient (Wildman–Crippen LogP) is 0.348. The maximum atomic E-state index is 10.9. The molecule has 0 heterocycles. The van der Waals surface area contributed by atoms with Crippen molar-refractivity contribution < 1.29 is 9.90 Å². The third kappa shape index (κ3) is 1.37. The van der Waals surface area contributed by atoms with Crippen LogP contribution in [0.5, 0.6) is 0 Å². The highest BCUT2D eigenvalue weighted by molar-refractivity contribution is 5.92. The molecule has 0 aromatic carbocycles. The van der Waals surface area contributed by atoms with Crippen molar-refractivity contribution in [2.24, 2.45) is 0 Å². The second kappa shape index (κ2) is 2.59. The summed E-state index contributed by atoms with van der Waals surface area (Å²) in [5.41, 5.74) is 0.933. The van der Waals surface area contributed by atoms with Crippen LogP contribution in [0.2, 0.25) is 0 Å². The van der Waals surface area contributed by atoms with Crippen molar-refractivity contribution in [3.05, 3.63) is 11.8 Å². The molecule has 0 spiro atoms. The molecule has 1 saturated carbocycles. The molecule has 0 aromatic rings. The number of carbonyl (C=O) groups excluding carboxylic acids is 1. The summed E-state index contributed by atoms with van der Waals surface area (Å²) in [6.07, 6.45) is 5.16. The molecule has 0 aromatic heterocycles. The molecule has 2 aliphatic rings. The number of hydrogen-bond acceptors (Lipinski definition) is 3. The van der Waals surface area contributed by atoms with Crippen molar-refractivity contribution in [3.63, 3.8) is 0 Å². The monoisotopic (exact) mass is 167 g/mol. The van der Waals surface area contributed by atoms with E-state index in [4.69, 9.17) is 5.11 Å². The minimum absolute atomic E-state index is 0.0730. The molecule has 0 atom stereocenters. The lowest BCUT2D eigenvalue weighted by molar-refractivity contribution is -0.114. The highest BCUT2D eigenvalue weighted by Crippen LogP contribution is 2.36. The first-order valence-corrected chi connectivity index (χ1v) is 4.37. The molecule has 3 heteroatoms. The summed E-state index contributed by atoms with van der Waals surface area (Å²) < 4.78 is 0. The van der Waals surface area contributed by atoms with Gasteiger partial charge in [-0.05, 0) is 19.3 Å². The van der Waals surface area contributed by atoms with Crippen LogP contribution in [0.1, 0.15) is 25.7 Å². The average molecular weight is 167 g/mol. The summed E-state index contributed by atoms with van der Waals surface area (Å²) in [4.78, 5) is 10.9. The Bertz CT molecular complexity index is 241. The van der Waals surface area contributed by atoms with Crippen LogP contribution < -0.4 is 5.32 Å². The number of carbonyl (C=O) groups is 1. The van der Waals surface area contributed by atoms with E-state index in [1.807, 2.05) is 0 Å². The van der Waals surface area contributed by atoms with Crippen LogP contribution in [0.15, 0.2) is 11.8 Å². The first-order valence-electron chi connectivity index (χ1n) is 4.37. The maximum Gasteiger partial charge on any atom is 0.157 e. The molecule has 0 saturated heterocycles. The van der Waals surface area contributed by atoms with Crippen molar-refractivity contribution >= 4 is 5.78 Å². The molecule has 2 aliphatic carbocycles. The number of allylic oxidation sites excluding steroid dienone is 2. The van der Waals surface area contributed by atoms with Gasteiger partial charge in [-0.15, -0.1) is 0 Å². The van der Waals surface area contributed by atoms with E-state index in [0.717, 1.165) is 25.0 Å². The standard InChI is InChI=1S/C9H13NO2/c11-6-9(3-4-9)10-7-1-2-8(12)5-7/h5,10-11H,1-4,6H2. The fraction of sp³-hybridized carbons (Fsp3) is 0.667. The Hall–Kier alpha value is -0.830. The SMILES string of the molecule is O=C1C=C(NC2(CO)CC2)CC1. The molecule has 0 radical (unpaired) electrons. The zero-order valence-corrected chi connectivity index (χ0v) is 6.97. The molecule has 0 unspecified atom stereocenters. The minimum Gasteiger partial charge on any atom is -0.394 e. The van der Waals surface area contributed by atoms with E-state index < -0.39 is 0 Å². The second-order valence-corrected chi connectivity index (χ2v) is 3.70. The molecular weight excluding hydrogens is 154 g/mol. The summed E-state index contributed by atoms with van der Waals surface area (Å²) in [7, 11) is 0. The largest absolute Gasteiger partial charge is 0.394 e. The second-order valence-electron chi connectivity index (χ2n) is 3.70. The van der Waals surface area contributed by atoms with Gasteiger partial charge in [-0.3, -0.25) is 4.79 Å². The van der Waals surface area contributed by atoms with Gasteiger partial charge in [-0.1, -0.05) is 0 Å². The Morgan fingerprint density at radius 3 is 2.67 bits per heavy atom. The number of ketones is 1. The van der Waals surface area contributed by atoms with Gasteiger partial charge in [0, 0.05) is 18.2 Å². The summed E-state index contributed by atoms with van der Waals surface area (Å²) in [5.74, 6) is 0.200. The van der Waals surface area contributed by atoms with Gasteiger partial charge < -0.3 is 10.4 Å². The lowest BCUT2D eigenvalue weighted by atomic mass is 10.2. The molecule has 0 bridgehead atoms. The Kier molecular flexibility index (Phi) is 1.68. The summed E-state index contributed by atoms with van der Waals surface area (Å²) in [6.45, 7) is 0.179. The number of hydrogen-bond donors (Lipinski definition) is 2. The van der Waals surface area contributed by atoms with Crippen LogP contribution in [-0.2, 0) is 4.79 Å². The van der Waals surface area contributed by atoms with Crippen molar-refractivity contribution in [2.75, 3.05) is 6.61 Å². The lowest BCUT2D eigenvalue weighted by Gasteiger charge is -2.15. The van der Waals surface area contributed by atoms with Crippen LogP contribution in [-0.4, -0.2) is 23.0 Å². The number of nitrogens with one attached hydrogen (secondary N) is 1. The first kappa shape index (κ1) is 7.80. The third-order valence-corrected chi connectivity index (χ3v) is 2.56. The predicted molar refractivity (Wildman–Crippen MR) is 44.5 cm³/mol. The highest BCUT2D eigenvalue weighted by atomic mass is 16.3. The van der Waals surface area contributed by atoms with E-state index in [0.29, 0.717) is 6.42 Å². The Labute approximate surface area is 71.5 Å². The highest BCUT2D eigenvalue weighted by Gasteiger charge is 2.42. The number of rotatable bonds is 3. The maximum absolute atomic E-state index is 10.9. The van der Waals surface area contributed by atoms with Crippen LogP contribution in [0, 0.1) is 0 Å².